The molecule has 0 aromatic heterocycles. The van der Waals surface area contributed by atoms with Crippen LogP contribution < -0.4 is 5.32 Å². The smallest absolute Gasteiger partial charge is 0.327 e. The Bertz CT molecular complexity index is 448. The topological polar surface area (TPSA) is 69.6 Å². The Morgan fingerprint density at radius 2 is 1.71 bits per heavy atom. The van der Waals surface area contributed by atoms with Crippen molar-refractivity contribution in [2.24, 2.45) is 17.8 Å². The molecule has 0 radical (unpaired) electrons. The number of hydrogen-bond donors (Lipinski definition) is 2. The lowest BCUT2D eigenvalue weighted by molar-refractivity contribution is -0.141. The molecule has 1 aliphatic heterocycles. The van der Waals surface area contributed by atoms with E-state index in [1.807, 2.05) is 0 Å². The molecule has 0 spiro atoms. The molecule has 2 unspecified atom stereocenters. The molecule has 5 nitrogen and oxygen atoms in total. The minimum atomic E-state index is -0.866. The zero-order valence-corrected chi connectivity index (χ0v) is 12.8. The molecule has 116 valence electrons. The second kappa shape index (κ2) is 5.07. The number of thioether (sulfide) groups is 1. The van der Waals surface area contributed by atoms with Gasteiger partial charge in [0.05, 0.1) is 5.37 Å². The van der Waals surface area contributed by atoms with Gasteiger partial charge in [-0.3, -0.25) is 4.90 Å². The first-order valence-corrected chi connectivity index (χ1v) is 9.13. The van der Waals surface area contributed by atoms with Gasteiger partial charge in [-0.05, 0) is 56.3 Å². The molecule has 4 rings (SSSR count). The van der Waals surface area contributed by atoms with E-state index in [0.29, 0.717) is 23.5 Å². The third kappa shape index (κ3) is 2.74. The Hall–Kier alpha value is -0.910. The summed E-state index contributed by atoms with van der Waals surface area (Å²) in [5.74, 6) is 1.45. The summed E-state index contributed by atoms with van der Waals surface area (Å²) in [7, 11) is 0. The van der Waals surface area contributed by atoms with Crippen LogP contribution in [0.25, 0.3) is 0 Å². The van der Waals surface area contributed by atoms with Crippen LogP contribution in [0.3, 0.4) is 0 Å². The van der Waals surface area contributed by atoms with Gasteiger partial charge >= 0.3 is 12.0 Å². The van der Waals surface area contributed by atoms with Crippen LogP contribution in [0, 0.1) is 17.8 Å². The summed E-state index contributed by atoms with van der Waals surface area (Å²) in [5.41, 5.74) is 0. The van der Waals surface area contributed by atoms with Gasteiger partial charge in [0.15, 0.2) is 0 Å². The number of nitrogens with one attached hydrogen (secondary N) is 1. The number of carbonyl (C=O) groups is 2. The second-order valence-electron chi connectivity index (χ2n) is 6.97. The van der Waals surface area contributed by atoms with Crippen molar-refractivity contribution >= 4 is 23.8 Å². The van der Waals surface area contributed by atoms with Crippen molar-refractivity contribution in [2.75, 3.05) is 5.75 Å². The second-order valence-corrected chi connectivity index (χ2v) is 8.12. The quantitative estimate of drug-likeness (QED) is 0.816. The molecule has 21 heavy (non-hydrogen) atoms. The van der Waals surface area contributed by atoms with E-state index in [4.69, 9.17) is 0 Å². The van der Waals surface area contributed by atoms with Crippen LogP contribution in [0.4, 0.5) is 4.79 Å². The molecule has 4 fully saturated rings. The average Bonchev–Trinajstić information content (AvgIpc) is 3.31. The first-order chi connectivity index (χ1) is 10.1. The maximum atomic E-state index is 12.7. The molecule has 0 aromatic rings. The van der Waals surface area contributed by atoms with E-state index in [1.165, 1.54) is 25.7 Å². The Morgan fingerprint density at radius 3 is 2.19 bits per heavy atom. The van der Waals surface area contributed by atoms with E-state index in [2.05, 4.69) is 5.32 Å². The molecule has 1 saturated heterocycles. The highest BCUT2D eigenvalue weighted by Crippen LogP contribution is 2.47. The Kier molecular flexibility index (Phi) is 3.32. The lowest BCUT2D eigenvalue weighted by Crippen LogP contribution is -2.53. The average molecular weight is 310 g/mol. The van der Waals surface area contributed by atoms with Gasteiger partial charge in [0.1, 0.15) is 6.04 Å². The minimum absolute atomic E-state index is 0.0742. The number of urea groups is 1. The van der Waals surface area contributed by atoms with Gasteiger partial charge in [-0.2, -0.15) is 0 Å². The van der Waals surface area contributed by atoms with Crippen LogP contribution in [-0.4, -0.2) is 45.2 Å². The van der Waals surface area contributed by atoms with E-state index in [1.54, 1.807) is 16.7 Å². The molecule has 6 heteroatoms. The maximum Gasteiger partial charge on any atom is 0.327 e. The highest BCUT2D eigenvalue weighted by molar-refractivity contribution is 8.00. The molecule has 2 N–H and O–H groups in total. The van der Waals surface area contributed by atoms with Crippen LogP contribution in [0.5, 0.6) is 0 Å². The number of hydrogen-bond acceptors (Lipinski definition) is 3. The number of carboxylic acids is 1. The van der Waals surface area contributed by atoms with Gasteiger partial charge in [-0.15, -0.1) is 11.8 Å². The predicted molar refractivity (Wildman–Crippen MR) is 80.0 cm³/mol. The Labute approximate surface area is 128 Å². The third-order valence-corrected chi connectivity index (χ3v) is 6.59. The number of carboxylic acid groups (broad SMARTS) is 1. The van der Waals surface area contributed by atoms with E-state index in [-0.39, 0.29) is 17.4 Å². The van der Waals surface area contributed by atoms with E-state index in [0.717, 1.165) is 12.8 Å². The first-order valence-electron chi connectivity index (χ1n) is 8.08. The summed E-state index contributed by atoms with van der Waals surface area (Å²) in [4.78, 5) is 25.8. The molecule has 2 amide bonds. The van der Waals surface area contributed by atoms with Crippen LogP contribution in [0.1, 0.15) is 38.5 Å². The number of aliphatic carboxylic acids is 1. The van der Waals surface area contributed by atoms with Gasteiger partial charge < -0.3 is 10.4 Å². The van der Waals surface area contributed by atoms with Crippen molar-refractivity contribution in [3.63, 3.8) is 0 Å². The fourth-order valence-corrected chi connectivity index (χ4v) is 5.10. The van der Waals surface area contributed by atoms with Crippen LogP contribution >= 0.6 is 11.8 Å². The fraction of sp³-hybridized carbons (Fsp3) is 0.867. The molecular weight excluding hydrogens is 288 g/mol. The SMILES string of the molecule is O=C(O)C1CSC(C2CC2)N1C(=O)NC(C1CC1)C1CC1. The lowest BCUT2D eigenvalue weighted by Gasteiger charge is -2.30. The standard InChI is InChI=1S/C15H22N2O3S/c18-14(19)11-7-21-13(10-5-6-10)17(11)15(20)16-12(8-1-2-8)9-3-4-9/h8-13H,1-7H2,(H,16,20)(H,18,19). The lowest BCUT2D eigenvalue weighted by atomic mass is 10.1. The molecule has 1 heterocycles. The molecular formula is C15H22N2O3S. The summed E-state index contributed by atoms with van der Waals surface area (Å²) in [6, 6.07) is -0.495. The molecule has 0 aromatic carbocycles. The van der Waals surface area contributed by atoms with Crippen LogP contribution in [0.2, 0.25) is 0 Å². The molecule has 0 bridgehead atoms. The molecule has 4 aliphatic rings. The van der Waals surface area contributed by atoms with Crippen molar-refractivity contribution in [3.05, 3.63) is 0 Å². The summed E-state index contributed by atoms with van der Waals surface area (Å²) in [6.45, 7) is 0. The summed E-state index contributed by atoms with van der Waals surface area (Å²) >= 11 is 1.65. The van der Waals surface area contributed by atoms with Gasteiger partial charge in [0.25, 0.3) is 0 Å². The van der Waals surface area contributed by atoms with E-state index >= 15 is 0 Å². The minimum Gasteiger partial charge on any atom is -0.480 e. The Balaban J connectivity index is 1.47. The van der Waals surface area contributed by atoms with Crippen molar-refractivity contribution in [1.29, 1.82) is 0 Å². The van der Waals surface area contributed by atoms with E-state index in [9.17, 15) is 14.7 Å². The zero-order valence-electron chi connectivity index (χ0n) is 12.0. The van der Waals surface area contributed by atoms with Gasteiger partial charge in [0.2, 0.25) is 0 Å². The zero-order chi connectivity index (χ0) is 14.6. The Morgan fingerprint density at radius 1 is 1.10 bits per heavy atom. The molecule has 3 saturated carbocycles. The van der Waals surface area contributed by atoms with Crippen LogP contribution in [-0.2, 0) is 4.79 Å². The number of amides is 2. The van der Waals surface area contributed by atoms with E-state index < -0.39 is 12.0 Å². The number of carbonyl (C=O) groups excluding carboxylic acids is 1. The van der Waals surface area contributed by atoms with Crippen molar-refractivity contribution < 1.29 is 14.7 Å². The largest absolute Gasteiger partial charge is 0.480 e. The summed E-state index contributed by atoms with van der Waals surface area (Å²) in [6.07, 6.45) is 7.11. The van der Waals surface area contributed by atoms with Crippen molar-refractivity contribution in [2.45, 2.75) is 56.0 Å². The number of rotatable bonds is 5. The normalized spacial score (nSPS) is 32.5. The summed E-state index contributed by atoms with van der Waals surface area (Å²) in [5, 5.41) is 12.7. The molecule has 3 aliphatic carbocycles. The maximum absolute atomic E-state index is 12.7. The highest BCUT2D eigenvalue weighted by atomic mass is 32.2. The fourth-order valence-electron chi connectivity index (χ4n) is 3.47. The first kappa shape index (κ1) is 13.7. The van der Waals surface area contributed by atoms with Crippen molar-refractivity contribution in [3.8, 4) is 0 Å². The third-order valence-electron chi connectivity index (χ3n) is 5.13. The monoisotopic (exact) mass is 310 g/mol. The predicted octanol–water partition coefficient (Wildman–Crippen LogP) is 2.12. The van der Waals surface area contributed by atoms with Crippen LogP contribution in [0.15, 0.2) is 0 Å². The van der Waals surface area contributed by atoms with Crippen molar-refractivity contribution in [1.82, 2.24) is 10.2 Å². The highest BCUT2D eigenvalue weighted by Gasteiger charge is 2.50. The number of nitrogens with zero attached hydrogens (tertiary/aromatic N) is 1. The van der Waals surface area contributed by atoms with Gasteiger partial charge in [-0.25, -0.2) is 9.59 Å². The summed E-state index contributed by atoms with van der Waals surface area (Å²) < 4.78 is 0. The van der Waals surface area contributed by atoms with Gasteiger partial charge in [-0.1, -0.05) is 0 Å². The van der Waals surface area contributed by atoms with Gasteiger partial charge in [0, 0.05) is 11.8 Å². The molecule has 2 atom stereocenters.